The Morgan fingerprint density at radius 1 is 1.00 bits per heavy atom. The van der Waals surface area contributed by atoms with Gasteiger partial charge in [0, 0.05) is 5.92 Å². The molecular weight excluding hydrogens is 350 g/mol. The summed E-state index contributed by atoms with van der Waals surface area (Å²) in [4.78, 5) is 35.2. The number of carboxylic acid groups (broad SMARTS) is 2. The molecule has 0 spiro atoms. The molecule has 1 atom stereocenters. The third-order valence-corrected chi connectivity index (χ3v) is 4.70. The van der Waals surface area contributed by atoms with Crippen molar-refractivity contribution in [3.8, 4) is 11.1 Å². The van der Waals surface area contributed by atoms with Crippen molar-refractivity contribution >= 4 is 18.0 Å². The van der Waals surface area contributed by atoms with Gasteiger partial charge in [0.15, 0.2) is 0 Å². The molecule has 0 aromatic heterocycles. The van der Waals surface area contributed by atoms with Gasteiger partial charge >= 0.3 is 18.0 Å². The Kier molecular flexibility index (Phi) is 5.12. The Morgan fingerprint density at radius 2 is 1.52 bits per heavy atom. The number of nitrogens with zero attached hydrogens (tertiary/aromatic N) is 1. The molecule has 0 heterocycles. The fraction of sp³-hybridized carbons (Fsp3) is 0.250. The lowest BCUT2D eigenvalue weighted by molar-refractivity contribution is -0.144. The first-order chi connectivity index (χ1) is 12.9. The lowest BCUT2D eigenvalue weighted by Crippen LogP contribution is -2.46. The van der Waals surface area contributed by atoms with Crippen LogP contribution in [0.15, 0.2) is 48.5 Å². The number of carbonyl (C=O) groups is 3. The van der Waals surface area contributed by atoms with Gasteiger partial charge < -0.3 is 14.9 Å². The number of rotatable bonds is 6. The van der Waals surface area contributed by atoms with E-state index in [1.165, 1.54) is 6.92 Å². The molecule has 140 valence electrons. The number of amides is 1. The highest BCUT2D eigenvalue weighted by atomic mass is 16.6. The van der Waals surface area contributed by atoms with Crippen molar-refractivity contribution in [2.75, 3.05) is 13.2 Å². The monoisotopic (exact) mass is 369 g/mol. The molecule has 1 amide bonds. The van der Waals surface area contributed by atoms with Crippen LogP contribution >= 0.6 is 0 Å². The maximum Gasteiger partial charge on any atom is 0.411 e. The van der Waals surface area contributed by atoms with Crippen molar-refractivity contribution in [3.05, 3.63) is 59.7 Å². The molecule has 0 unspecified atom stereocenters. The normalized spacial score (nSPS) is 13.4. The summed E-state index contributed by atoms with van der Waals surface area (Å²) in [6.45, 7) is 0.492. The van der Waals surface area contributed by atoms with Crippen molar-refractivity contribution in [3.63, 3.8) is 0 Å². The predicted molar refractivity (Wildman–Crippen MR) is 96.5 cm³/mol. The van der Waals surface area contributed by atoms with Gasteiger partial charge in [0.1, 0.15) is 19.2 Å². The van der Waals surface area contributed by atoms with Crippen LogP contribution in [0.2, 0.25) is 0 Å². The van der Waals surface area contributed by atoms with E-state index in [0.717, 1.165) is 22.3 Å². The van der Waals surface area contributed by atoms with Crippen molar-refractivity contribution in [1.29, 1.82) is 0 Å². The lowest BCUT2D eigenvalue weighted by atomic mass is 9.98. The van der Waals surface area contributed by atoms with Crippen LogP contribution in [0.1, 0.15) is 24.0 Å². The van der Waals surface area contributed by atoms with E-state index in [0.29, 0.717) is 4.90 Å². The number of carbonyl (C=O) groups excluding carboxylic acids is 1. The molecule has 7 heteroatoms. The Morgan fingerprint density at radius 3 is 2.00 bits per heavy atom. The first-order valence-corrected chi connectivity index (χ1v) is 8.46. The van der Waals surface area contributed by atoms with Crippen LogP contribution in [0.4, 0.5) is 4.79 Å². The van der Waals surface area contributed by atoms with Gasteiger partial charge in [-0.25, -0.2) is 9.59 Å². The Balaban J connectivity index is 1.80. The zero-order chi connectivity index (χ0) is 19.6. The summed E-state index contributed by atoms with van der Waals surface area (Å²) in [7, 11) is 0. The van der Waals surface area contributed by atoms with Gasteiger partial charge in [-0.15, -0.1) is 0 Å². The van der Waals surface area contributed by atoms with E-state index >= 15 is 0 Å². The molecule has 0 radical (unpaired) electrons. The quantitative estimate of drug-likeness (QED) is 0.811. The van der Waals surface area contributed by atoms with Crippen LogP contribution in [-0.2, 0) is 14.3 Å². The largest absolute Gasteiger partial charge is 0.480 e. The number of fused-ring (bicyclic) bond motifs is 3. The SMILES string of the molecule is C[C@@H](C(=O)O)N(CC(=O)O)C(=O)OCC1c2ccccc2-c2ccccc21. The molecule has 1 aliphatic carbocycles. The van der Waals surface area contributed by atoms with Gasteiger partial charge in [-0.3, -0.25) is 9.69 Å². The summed E-state index contributed by atoms with van der Waals surface area (Å²) < 4.78 is 5.33. The molecule has 3 rings (SSSR count). The first-order valence-electron chi connectivity index (χ1n) is 8.46. The lowest BCUT2D eigenvalue weighted by Gasteiger charge is -2.25. The highest BCUT2D eigenvalue weighted by Crippen LogP contribution is 2.44. The number of aliphatic carboxylic acids is 2. The minimum Gasteiger partial charge on any atom is -0.480 e. The minimum absolute atomic E-state index is 0.00464. The summed E-state index contributed by atoms with van der Waals surface area (Å²) in [5, 5.41) is 18.1. The van der Waals surface area contributed by atoms with E-state index in [1.54, 1.807) is 0 Å². The standard InChI is InChI=1S/C20H19NO6/c1-12(19(24)25)21(10-18(22)23)20(26)27-11-17-15-8-4-2-6-13(15)14-7-3-5-9-16(14)17/h2-9,12,17H,10-11H2,1H3,(H,22,23)(H,24,25)/t12-/m0/s1. The van der Waals surface area contributed by atoms with E-state index < -0.39 is 30.6 Å². The van der Waals surface area contributed by atoms with Gasteiger partial charge in [-0.05, 0) is 29.2 Å². The number of hydrogen-bond acceptors (Lipinski definition) is 4. The third-order valence-electron chi connectivity index (χ3n) is 4.70. The zero-order valence-corrected chi connectivity index (χ0v) is 14.7. The zero-order valence-electron chi connectivity index (χ0n) is 14.7. The minimum atomic E-state index is -1.31. The second kappa shape index (κ2) is 7.49. The Bertz CT molecular complexity index is 848. The van der Waals surface area contributed by atoms with Crippen LogP contribution in [-0.4, -0.2) is 52.3 Å². The highest BCUT2D eigenvalue weighted by molar-refractivity contribution is 5.83. The van der Waals surface area contributed by atoms with Crippen LogP contribution in [0.5, 0.6) is 0 Å². The number of hydrogen-bond donors (Lipinski definition) is 2. The average Bonchev–Trinajstić information content (AvgIpc) is 2.97. The molecule has 0 aliphatic heterocycles. The van der Waals surface area contributed by atoms with E-state index in [4.69, 9.17) is 14.9 Å². The average molecular weight is 369 g/mol. The molecule has 0 bridgehead atoms. The van der Waals surface area contributed by atoms with Gasteiger partial charge in [0.2, 0.25) is 0 Å². The molecule has 0 saturated heterocycles. The molecule has 1 aliphatic rings. The maximum atomic E-state index is 12.4. The number of benzene rings is 2. The second-order valence-corrected chi connectivity index (χ2v) is 6.34. The maximum absolute atomic E-state index is 12.4. The Labute approximate surface area is 155 Å². The van der Waals surface area contributed by atoms with Crippen LogP contribution < -0.4 is 0 Å². The van der Waals surface area contributed by atoms with Gasteiger partial charge in [0.05, 0.1) is 0 Å². The fourth-order valence-electron chi connectivity index (χ4n) is 3.32. The van der Waals surface area contributed by atoms with Crippen LogP contribution in [0, 0.1) is 0 Å². The predicted octanol–water partition coefficient (Wildman–Crippen LogP) is 2.80. The van der Waals surface area contributed by atoms with Crippen molar-refractivity contribution in [1.82, 2.24) is 4.90 Å². The molecule has 2 aromatic rings. The van der Waals surface area contributed by atoms with Crippen molar-refractivity contribution in [2.24, 2.45) is 0 Å². The topological polar surface area (TPSA) is 104 Å². The van der Waals surface area contributed by atoms with E-state index in [2.05, 4.69) is 0 Å². The summed E-state index contributed by atoms with van der Waals surface area (Å²) in [5.74, 6) is -2.80. The molecule has 27 heavy (non-hydrogen) atoms. The molecular formula is C20H19NO6. The van der Waals surface area contributed by atoms with E-state index in [9.17, 15) is 14.4 Å². The smallest absolute Gasteiger partial charge is 0.411 e. The van der Waals surface area contributed by atoms with Gasteiger partial charge in [-0.1, -0.05) is 48.5 Å². The van der Waals surface area contributed by atoms with Crippen molar-refractivity contribution in [2.45, 2.75) is 18.9 Å². The van der Waals surface area contributed by atoms with Crippen molar-refractivity contribution < 1.29 is 29.3 Å². The second-order valence-electron chi connectivity index (χ2n) is 6.34. The van der Waals surface area contributed by atoms with Gasteiger partial charge in [0.25, 0.3) is 0 Å². The highest BCUT2D eigenvalue weighted by Gasteiger charge is 2.32. The number of carboxylic acids is 2. The Hall–Kier alpha value is -3.35. The summed E-state index contributed by atoms with van der Waals surface area (Å²) in [5.41, 5.74) is 4.16. The van der Waals surface area contributed by atoms with E-state index in [-0.39, 0.29) is 12.5 Å². The fourth-order valence-corrected chi connectivity index (χ4v) is 3.32. The molecule has 7 nitrogen and oxygen atoms in total. The third kappa shape index (κ3) is 3.62. The molecule has 0 saturated carbocycles. The van der Waals surface area contributed by atoms with Gasteiger partial charge in [-0.2, -0.15) is 0 Å². The summed E-state index contributed by atoms with van der Waals surface area (Å²) in [6, 6.07) is 14.3. The number of ether oxygens (including phenoxy) is 1. The summed E-state index contributed by atoms with van der Waals surface area (Å²) in [6.07, 6.45) is -0.964. The molecule has 2 N–H and O–H groups in total. The first kappa shape index (κ1) is 18.4. The van der Waals surface area contributed by atoms with Crippen LogP contribution in [0.3, 0.4) is 0 Å². The van der Waals surface area contributed by atoms with E-state index in [1.807, 2.05) is 48.5 Å². The molecule has 2 aromatic carbocycles. The molecule has 0 fully saturated rings. The summed E-state index contributed by atoms with van der Waals surface area (Å²) >= 11 is 0. The van der Waals surface area contributed by atoms with Crippen LogP contribution in [0.25, 0.3) is 11.1 Å².